The van der Waals surface area contributed by atoms with Crippen LogP contribution in [0.25, 0.3) is 0 Å². The molecule has 2 N–H and O–H groups in total. The number of amides is 1. The van der Waals surface area contributed by atoms with Crippen LogP contribution < -0.4 is 5.32 Å². The van der Waals surface area contributed by atoms with Gasteiger partial charge in [-0.05, 0) is 83.8 Å². The number of hydrogen-bond acceptors (Lipinski definition) is 7. The molecule has 0 aromatic heterocycles. The van der Waals surface area contributed by atoms with Crippen molar-refractivity contribution in [1.29, 1.82) is 0 Å². The zero-order valence-corrected chi connectivity index (χ0v) is 36.8. The lowest BCUT2D eigenvalue weighted by Gasteiger charge is -2.22. The molecule has 0 aliphatic carbocycles. The number of rotatable bonds is 44. The summed E-state index contributed by atoms with van der Waals surface area (Å²) in [6.45, 7) is 10.5. The average Bonchev–Trinajstić information content (AvgIpc) is 3.18. The summed E-state index contributed by atoms with van der Waals surface area (Å²) >= 11 is 0. The number of unbranched alkanes of at least 4 members (excludes halogenated alkanes) is 24. The molecule has 0 saturated carbocycles. The summed E-state index contributed by atoms with van der Waals surface area (Å²) in [5.74, 6) is -0.361. The van der Waals surface area contributed by atoms with E-state index < -0.39 is 6.61 Å². The van der Waals surface area contributed by atoms with Crippen molar-refractivity contribution >= 4 is 17.8 Å². The van der Waals surface area contributed by atoms with E-state index in [0.717, 1.165) is 116 Å². The highest BCUT2D eigenvalue weighted by Gasteiger charge is 2.14. The Balaban J connectivity index is 4.29. The number of aliphatic hydroxyl groups excluding tert-OH is 1. The minimum Gasteiger partial charge on any atom is -0.466 e. The van der Waals surface area contributed by atoms with E-state index >= 15 is 0 Å². The Bertz CT molecular complexity index is 824. The predicted octanol–water partition coefficient (Wildman–Crippen LogP) is 12.2. The molecule has 0 saturated heterocycles. The van der Waals surface area contributed by atoms with Gasteiger partial charge < -0.3 is 24.8 Å². The van der Waals surface area contributed by atoms with Gasteiger partial charge in [0.25, 0.3) is 0 Å². The lowest BCUT2D eigenvalue weighted by Crippen LogP contribution is -2.32. The molecule has 0 aromatic rings. The number of aliphatic hydroxyl groups is 1. The summed E-state index contributed by atoms with van der Waals surface area (Å²) in [4.78, 5) is 38.8. The number of ether oxygens (including phenoxy) is 2. The van der Waals surface area contributed by atoms with Crippen molar-refractivity contribution in [1.82, 2.24) is 10.2 Å². The number of hydrogen-bond donors (Lipinski definition) is 2. The van der Waals surface area contributed by atoms with Gasteiger partial charge in [0.15, 0.2) is 0 Å². The third kappa shape index (κ3) is 40.3. The van der Waals surface area contributed by atoms with E-state index in [1.807, 2.05) is 0 Å². The highest BCUT2D eigenvalue weighted by molar-refractivity contribution is 5.76. The summed E-state index contributed by atoms with van der Waals surface area (Å²) in [5.41, 5.74) is 0. The molecule has 8 nitrogen and oxygen atoms in total. The standard InChI is InChI=1S/C47H92N2O6/c1-4-7-10-13-16-25-32-42-54-46(52)36-28-21-17-23-30-39-49(41-33-38-48-45(51)43-50)40-31-24-18-22-29-37-47(53)55-44(34-26-19-14-11-8-5-2)35-27-20-15-12-9-6-3/h44,50H,4-43H2,1-3H3,(H,48,51). The maximum absolute atomic E-state index is 12.8. The zero-order chi connectivity index (χ0) is 40.3. The van der Waals surface area contributed by atoms with Gasteiger partial charge in [-0.15, -0.1) is 0 Å². The molecule has 0 heterocycles. The van der Waals surface area contributed by atoms with Gasteiger partial charge in [-0.1, -0.05) is 162 Å². The van der Waals surface area contributed by atoms with Gasteiger partial charge in [0, 0.05) is 19.4 Å². The van der Waals surface area contributed by atoms with Crippen LogP contribution in [0.2, 0.25) is 0 Å². The van der Waals surface area contributed by atoms with Crippen LogP contribution in [-0.2, 0) is 23.9 Å². The van der Waals surface area contributed by atoms with Crippen LogP contribution in [0.3, 0.4) is 0 Å². The Labute approximate surface area is 340 Å². The Morgan fingerprint density at radius 2 is 0.891 bits per heavy atom. The average molecular weight is 781 g/mol. The van der Waals surface area contributed by atoms with Gasteiger partial charge in [0.2, 0.25) is 5.91 Å². The maximum atomic E-state index is 12.8. The van der Waals surface area contributed by atoms with Gasteiger partial charge in [-0.2, -0.15) is 0 Å². The Hall–Kier alpha value is -1.67. The molecule has 0 radical (unpaired) electrons. The van der Waals surface area contributed by atoms with Crippen LogP contribution in [0.4, 0.5) is 0 Å². The first kappa shape index (κ1) is 53.3. The monoisotopic (exact) mass is 781 g/mol. The van der Waals surface area contributed by atoms with E-state index in [-0.39, 0.29) is 23.9 Å². The fourth-order valence-corrected chi connectivity index (χ4v) is 7.32. The summed E-state index contributed by atoms with van der Waals surface area (Å²) < 4.78 is 11.5. The molecular formula is C47H92N2O6. The second-order valence-corrected chi connectivity index (χ2v) is 16.3. The quantitative estimate of drug-likeness (QED) is 0.0468. The molecule has 0 atom stereocenters. The number of nitrogens with zero attached hydrogens (tertiary/aromatic N) is 1. The normalized spacial score (nSPS) is 11.5. The Morgan fingerprint density at radius 1 is 0.491 bits per heavy atom. The molecule has 0 unspecified atom stereocenters. The third-order valence-corrected chi connectivity index (χ3v) is 10.9. The summed E-state index contributed by atoms with van der Waals surface area (Å²) in [7, 11) is 0. The highest BCUT2D eigenvalue weighted by Crippen LogP contribution is 2.18. The second-order valence-electron chi connectivity index (χ2n) is 16.3. The van der Waals surface area contributed by atoms with E-state index in [1.54, 1.807) is 0 Å². The molecule has 8 heteroatoms. The highest BCUT2D eigenvalue weighted by atomic mass is 16.5. The van der Waals surface area contributed by atoms with E-state index in [2.05, 4.69) is 31.0 Å². The van der Waals surface area contributed by atoms with E-state index in [9.17, 15) is 14.4 Å². The first-order valence-corrected chi connectivity index (χ1v) is 23.9. The number of carbonyl (C=O) groups excluding carboxylic acids is 3. The van der Waals surface area contributed by atoms with E-state index in [0.29, 0.717) is 26.0 Å². The zero-order valence-electron chi connectivity index (χ0n) is 36.8. The molecule has 0 fully saturated rings. The van der Waals surface area contributed by atoms with Crippen LogP contribution in [0.15, 0.2) is 0 Å². The lowest BCUT2D eigenvalue weighted by molar-refractivity contribution is -0.150. The van der Waals surface area contributed by atoms with Crippen molar-refractivity contribution in [2.75, 3.05) is 39.4 Å². The van der Waals surface area contributed by atoms with Crippen molar-refractivity contribution in [2.24, 2.45) is 0 Å². The minimum absolute atomic E-state index is 0.000153. The fraction of sp³-hybridized carbons (Fsp3) is 0.936. The van der Waals surface area contributed by atoms with Crippen LogP contribution in [-0.4, -0.2) is 73.3 Å². The minimum atomic E-state index is -0.461. The van der Waals surface area contributed by atoms with Crippen molar-refractivity contribution < 1.29 is 29.0 Å². The predicted molar refractivity (Wildman–Crippen MR) is 231 cm³/mol. The summed E-state index contributed by atoms with van der Waals surface area (Å²) in [6.07, 6.45) is 38.7. The number of esters is 2. The van der Waals surface area contributed by atoms with Gasteiger partial charge in [-0.25, -0.2) is 0 Å². The van der Waals surface area contributed by atoms with Gasteiger partial charge in [-0.3, -0.25) is 14.4 Å². The Morgan fingerprint density at radius 3 is 1.38 bits per heavy atom. The molecule has 0 bridgehead atoms. The van der Waals surface area contributed by atoms with Crippen LogP contribution in [0, 0.1) is 0 Å². The molecule has 0 aromatic carbocycles. The largest absolute Gasteiger partial charge is 0.466 e. The first-order valence-electron chi connectivity index (χ1n) is 23.9. The van der Waals surface area contributed by atoms with Crippen LogP contribution in [0.5, 0.6) is 0 Å². The van der Waals surface area contributed by atoms with Crippen molar-refractivity contribution in [3.8, 4) is 0 Å². The summed E-state index contributed by atoms with van der Waals surface area (Å²) in [6, 6.07) is 0. The van der Waals surface area contributed by atoms with Gasteiger partial charge in [0.1, 0.15) is 12.7 Å². The Kier molecular flexibility index (Phi) is 42.1. The van der Waals surface area contributed by atoms with E-state index in [4.69, 9.17) is 14.6 Å². The van der Waals surface area contributed by atoms with Crippen LogP contribution in [0.1, 0.15) is 239 Å². The lowest BCUT2D eigenvalue weighted by atomic mass is 10.0. The second kappa shape index (κ2) is 43.5. The number of carbonyl (C=O) groups is 3. The molecular weight excluding hydrogens is 689 g/mol. The summed E-state index contributed by atoms with van der Waals surface area (Å²) in [5, 5.41) is 11.8. The van der Waals surface area contributed by atoms with Crippen molar-refractivity contribution in [3.63, 3.8) is 0 Å². The topological polar surface area (TPSA) is 105 Å². The molecule has 55 heavy (non-hydrogen) atoms. The maximum Gasteiger partial charge on any atom is 0.306 e. The molecule has 1 amide bonds. The van der Waals surface area contributed by atoms with Gasteiger partial charge >= 0.3 is 11.9 Å². The smallest absolute Gasteiger partial charge is 0.306 e. The first-order chi connectivity index (χ1) is 27.0. The number of nitrogens with one attached hydrogen (secondary N) is 1. The molecule has 0 rings (SSSR count). The molecule has 326 valence electrons. The van der Waals surface area contributed by atoms with E-state index in [1.165, 1.54) is 109 Å². The molecule has 0 aliphatic rings. The van der Waals surface area contributed by atoms with Gasteiger partial charge in [0.05, 0.1) is 6.61 Å². The fourth-order valence-electron chi connectivity index (χ4n) is 7.32. The van der Waals surface area contributed by atoms with Crippen LogP contribution >= 0.6 is 0 Å². The molecule has 0 aliphatic heterocycles. The van der Waals surface area contributed by atoms with Crippen molar-refractivity contribution in [2.45, 2.75) is 245 Å². The third-order valence-electron chi connectivity index (χ3n) is 10.9. The molecule has 0 spiro atoms. The SMILES string of the molecule is CCCCCCCCCOC(=O)CCCCCCCN(CCCCCCCC(=O)OC(CCCCCCCC)CCCCCCCC)CCCNC(=O)CO. The van der Waals surface area contributed by atoms with Crippen molar-refractivity contribution in [3.05, 3.63) is 0 Å².